The molecule has 0 aromatic heterocycles. The van der Waals surface area contributed by atoms with Gasteiger partial charge in [-0.25, -0.2) is 0 Å². The first-order valence-corrected chi connectivity index (χ1v) is 9.62. The molecule has 0 unspecified atom stereocenters. The van der Waals surface area contributed by atoms with Gasteiger partial charge in [0.25, 0.3) is 0 Å². The zero-order valence-electron chi connectivity index (χ0n) is 16.5. The van der Waals surface area contributed by atoms with Gasteiger partial charge in [0.1, 0.15) is 0 Å². The van der Waals surface area contributed by atoms with E-state index in [4.69, 9.17) is 0 Å². The predicted molar refractivity (Wildman–Crippen MR) is 120 cm³/mol. The van der Waals surface area contributed by atoms with Crippen molar-refractivity contribution in [3.05, 3.63) is 78.9 Å². The second-order valence-electron chi connectivity index (χ2n) is 6.97. The average Bonchev–Trinajstić information content (AvgIpc) is 2.79. The summed E-state index contributed by atoms with van der Waals surface area (Å²) in [6.07, 6.45) is 0. The Morgan fingerprint density at radius 2 is 0.857 bits per heavy atom. The zero-order valence-corrected chi connectivity index (χ0v) is 16.5. The van der Waals surface area contributed by atoms with E-state index in [9.17, 15) is 0 Å². The molecule has 1 fully saturated rings. The smallest absolute Gasteiger partial charge is 0.0937 e. The van der Waals surface area contributed by atoms with Gasteiger partial charge in [0.05, 0.1) is 20.0 Å². The highest BCUT2D eigenvalue weighted by Crippen LogP contribution is 2.27. The lowest BCUT2D eigenvalue weighted by molar-refractivity contribution is 0.611. The Bertz CT molecular complexity index is 822. The van der Waals surface area contributed by atoms with E-state index in [1.54, 1.807) is 0 Å². The van der Waals surface area contributed by atoms with Crippen LogP contribution in [0.4, 0.5) is 28.4 Å². The maximum atomic E-state index is 3.19. The number of nitrogens with zero attached hydrogens (tertiary/aromatic N) is 3. The molecule has 0 spiro atoms. The Balaban J connectivity index is 1.63. The molecule has 3 aromatic carbocycles. The number of anilines is 5. The molecule has 1 saturated heterocycles. The van der Waals surface area contributed by atoms with Crippen LogP contribution in [0.1, 0.15) is 0 Å². The van der Waals surface area contributed by atoms with Crippen LogP contribution in [-0.4, -0.2) is 34.1 Å². The van der Waals surface area contributed by atoms with Crippen LogP contribution in [0.5, 0.6) is 0 Å². The molecule has 0 atom stereocenters. The van der Waals surface area contributed by atoms with Crippen molar-refractivity contribution in [2.75, 3.05) is 59.4 Å². The van der Waals surface area contributed by atoms with Gasteiger partial charge in [-0.05, 0) is 60.7 Å². The number of para-hydroxylation sites is 1. The summed E-state index contributed by atoms with van der Waals surface area (Å²) in [5.41, 5.74) is 5.92. The molecule has 3 aromatic rings. The number of rotatable bonds is 5. The molecule has 0 saturated carbocycles. The summed E-state index contributed by atoms with van der Waals surface area (Å²) in [5, 5.41) is 6.38. The largest absolute Gasteiger partial charge is 0.388 e. The summed E-state index contributed by atoms with van der Waals surface area (Å²) in [6, 6.07) is 27.9. The SMILES string of the molecule is CNc1ccc(N2CN(c3ccccc3)CN(c3ccc(NC)cc3)C2)cc1. The van der Waals surface area contributed by atoms with Crippen molar-refractivity contribution in [3.8, 4) is 0 Å². The van der Waals surface area contributed by atoms with Gasteiger partial charge >= 0.3 is 0 Å². The molecule has 1 heterocycles. The summed E-state index contributed by atoms with van der Waals surface area (Å²) >= 11 is 0. The van der Waals surface area contributed by atoms with Crippen molar-refractivity contribution in [2.24, 2.45) is 0 Å². The van der Waals surface area contributed by atoms with Crippen molar-refractivity contribution in [3.63, 3.8) is 0 Å². The van der Waals surface area contributed by atoms with Crippen molar-refractivity contribution >= 4 is 28.4 Å². The molecule has 5 nitrogen and oxygen atoms in total. The third-order valence-electron chi connectivity index (χ3n) is 5.19. The molecular weight excluding hydrogens is 346 g/mol. The minimum atomic E-state index is 0.848. The van der Waals surface area contributed by atoms with Gasteiger partial charge in [-0.15, -0.1) is 0 Å². The molecule has 1 aliphatic rings. The van der Waals surface area contributed by atoms with E-state index >= 15 is 0 Å². The lowest BCUT2D eigenvalue weighted by Gasteiger charge is -2.45. The Morgan fingerprint density at radius 1 is 0.500 bits per heavy atom. The van der Waals surface area contributed by atoms with Crippen LogP contribution in [0, 0.1) is 0 Å². The predicted octanol–water partition coefficient (Wildman–Crippen LogP) is 4.48. The number of nitrogens with one attached hydrogen (secondary N) is 2. The summed E-state index contributed by atoms with van der Waals surface area (Å²) in [7, 11) is 3.90. The Hall–Kier alpha value is -3.34. The molecule has 0 amide bonds. The third-order valence-corrected chi connectivity index (χ3v) is 5.19. The van der Waals surface area contributed by atoms with Crippen LogP contribution in [0.15, 0.2) is 78.9 Å². The van der Waals surface area contributed by atoms with Gasteiger partial charge in [-0.1, -0.05) is 18.2 Å². The van der Waals surface area contributed by atoms with Gasteiger partial charge < -0.3 is 25.3 Å². The maximum Gasteiger partial charge on any atom is 0.0937 e. The first-order valence-electron chi connectivity index (χ1n) is 9.62. The Kier molecular flexibility index (Phi) is 5.24. The standard InChI is InChI=1S/C23H27N5/c1-24-19-8-12-22(13-9-19)27-16-26(21-6-4-3-5-7-21)17-28(18-27)23-14-10-20(25-2)11-15-23/h3-15,24-25H,16-18H2,1-2H3. The molecule has 0 bridgehead atoms. The van der Waals surface area contributed by atoms with Gasteiger partial charge in [-0.2, -0.15) is 0 Å². The van der Waals surface area contributed by atoms with Crippen LogP contribution in [0.25, 0.3) is 0 Å². The van der Waals surface area contributed by atoms with Crippen molar-refractivity contribution < 1.29 is 0 Å². The van der Waals surface area contributed by atoms with E-state index in [0.29, 0.717) is 0 Å². The monoisotopic (exact) mass is 373 g/mol. The Morgan fingerprint density at radius 3 is 1.21 bits per heavy atom. The van der Waals surface area contributed by atoms with Crippen LogP contribution >= 0.6 is 0 Å². The number of benzene rings is 3. The summed E-state index contributed by atoms with van der Waals surface area (Å²) in [4.78, 5) is 7.21. The van der Waals surface area contributed by atoms with Gasteiger partial charge in [-0.3, -0.25) is 0 Å². The van der Waals surface area contributed by atoms with E-state index < -0.39 is 0 Å². The molecular formula is C23H27N5. The van der Waals surface area contributed by atoms with Crippen LogP contribution in [-0.2, 0) is 0 Å². The molecule has 4 rings (SSSR count). The van der Waals surface area contributed by atoms with Crippen LogP contribution < -0.4 is 25.3 Å². The van der Waals surface area contributed by atoms with Gasteiger partial charge in [0, 0.05) is 42.5 Å². The van der Waals surface area contributed by atoms with E-state index in [1.807, 2.05) is 14.1 Å². The normalized spacial score (nSPS) is 14.1. The third kappa shape index (κ3) is 3.83. The lowest BCUT2D eigenvalue weighted by Crippen LogP contribution is -2.55. The molecule has 1 aliphatic heterocycles. The van der Waals surface area contributed by atoms with Crippen molar-refractivity contribution in [2.45, 2.75) is 0 Å². The van der Waals surface area contributed by atoms with Crippen molar-refractivity contribution in [1.82, 2.24) is 0 Å². The highest BCUT2D eigenvalue weighted by atomic mass is 15.5. The molecule has 5 heteroatoms. The molecule has 0 radical (unpaired) electrons. The van der Waals surface area contributed by atoms with E-state index in [-0.39, 0.29) is 0 Å². The number of hydrogen-bond donors (Lipinski definition) is 2. The van der Waals surface area contributed by atoms with E-state index in [1.165, 1.54) is 17.1 Å². The summed E-state index contributed by atoms with van der Waals surface area (Å²) in [6.45, 7) is 2.56. The summed E-state index contributed by atoms with van der Waals surface area (Å²) < 4.78 is 0. The fourth-order valence-corrected chi connectivity index (χ4v) is 3.56. The zero-order chi connectivity index (χ0) is 19.3. The second-order valence-corrected chi connectivity index (χ2v) is 6.97. The summed E-state index contributed by atoms with van der Waals surface area (Å²) in [5.74, 6) is 0. The van der Waals surface area contributed by atoms with Gasteiger partial charge in [0.15, 0.2) is 0 Å². The first-order chi connectivity index (χ1) is 13.8. The fraction of sp³-hybridized carbons (Fsp3) is 0.217. The fourth-order valence-electron chi connectivity index (χ4n) is 3.56. The topological polar surface area (TPSA) is 33.8 Å². The second kappa shape index (κ2) is 8.13. The molecule has 28 heavy (non-hydrogen) atoms. The quantitative estimate of drug-likeness (QED) is 0.689. The molecule has 0 aliphatic carbocycles. The van der Waals surface area contributed by atoms with Gasteiger partial charge in [0.2, 0.25) is 0 Å². The molecule has 2 N–H and O–H groups in total. The van der Waals surface area contributed by atoms with Crippen LogP contribution in [0.3, 0.4) is 0 Å². The minimum absolute atomic E-state index is 0.848. The highest BCUT2D eigenvalue weighted by Gasteiger charge is 2.24. The first kappa shape index (κ1) is 18.0. The Labute approximate surface area is 167 Å². The minimum Gasteiger partial charge on any atom is -0.388 e. The molecule has 144 valence electrons. The van der Waals surface area contributed by atoms with Crippen molar-refractivity contribution in [1.29, 1.82) is 0 Å². The highest BCUT2D eigenvalue weighted by molar-refractivity contribution is 5.62. The average molecular weight is 374 g/mol. The maximum absolute atomic E-state index is 3.19. The van der Waals surface area contributed by atoms with Crippen LogP contribution in [0.2, 0.25) is 0 Å². The van der Waals surface area contributed by atoms with E-state index in [2.05, 4.69) is 104 Å². The van der Waals surface area contributed by atoms with E-state index in [0.717, 1.165) is 31.4 Å². The number of hydrogen-bond acceptors (Lipinski definition) is 5. The lowest BCUT2D eigenvalue weighted by atomic mass is 10.2.